The summed E-state index contributed by atoms with van der Waals surface area (Å²) in [6.45, 7) is 15.8. The van der Waals surface area contributed by atoms with Crippen LogP contribution in [-0.4, -0.2) is 8.80 Å². The molecular formula is C66H48N4O. The van der Waals surface area contributed by atoms with Gasteiger partial charge in [0.25, 0.3) is 0 Å². The molecule has 0 amide bonds. The monoisotopic (exact) mass is 912 g/mol. The highest BCUT2D eigenvalue weighted by molar-refractivity contribution is 6.35. The molecule has 1 fully saturated rings. The molecule has 338 valence electrons. The van der Waals surface area contributed by atoms with Gasteiger partial charge in [-0.25, -0.2) is 4.85 Å². The Morgan fingerprint density at radius 2 is 1.23 bits per heavy atom. The first-order valence-corrected chi connectivity index (χ1v) is 26.3. The predicted molar refractivity (Wildman–Crippen MR) is 290 cm³/mol. The number of nitrogens with zero attached hydrogens (tertiary/aromatic N) is 4. The second-order valence-corrected chi connectivity index (χ2v) is 22.1. The fourth-order valence-electron chi connectivity index (χ4n) is 16.6. The molecule has 13 aromatic rings. The van der Waals surface area contributed by atoms with E-state index in [2.05, 4.69) is 156 Å². The summed E-state index contributed by atoms with van der Waals surface area (Å²) >= 11 is 0. The molecule has 1 spiro atoms. The van der Waals surface area contributed by atoms with E-state index in [0.717, 1.165) is 92.8 Å². The Balaban J connectivity index is 1.08. The van der Waals surface area contributed by atoms with Crippen LogP contribution in [0.1, 0.15) is 140 Å². The predicted octanol–water partition coefficient (Wildman–Crippen LogP) is 17.5. The van der Waals surface area contributed by atoms with Gasteiger partial charge < -0.3 is 13.2 Å². The summed E-state index contributed by atoms with van der Waals surface area (Å²) in [7, 11) is 0. The number of fused-ring (bicyclic) bond motifs is 19. The molecule has 5 aliphatic carbocycles. The summed E-state index contributed by atoms with van der Waals surface area (Å²) in [5.74, 6) is -0.0717. The van der Waals surface area contributed by atoms with Crippen molar-refractivity contribution in [2.24, 2.45) is 0 Å². The van der Waals surface area contributed by atoms with Gasteiger partial charge in [-0.2, -0.15) is 5.26 Å². The number of nitriles is 1. The van der Waals surface area contributed by atoms with Crippen LogP contribution in [0.25, 0.3) is 103 Å². The van der Waals surface area contributed by atoms with Crippen molar-refractivity contribution in [2.45, 2.75) is 101 Å². The largest absolute Gasteiger partial charge is 0.455 e. The standard InChI is InChI=1S/C66H48N4O/c1-5-65(6-2,7-3)35-27-44-42-30-50-43(31-49(42)69-52-32-48(68-4)61-41(55(52)47(28-35)62(44)69)22-25-66(61)23-14-15-24-66)45-29-46-36-16-12-13-21-53(36)71-64(46)60-58-51(70(50)63(45)60)26-34(33-67)54-56-37-17-8-10-19-39(37)57(59(54)58)40-20-11-9-18-38(40)56/h8-13,16-21,26-32,56-57H,5-7,14-15,22-25H2,1-3H3. The molecule has 0 radical (unpaired) electrons. The first-order chi connectivity index (χ1) is 34.9. The van der Waals surface area contributed by atoms with Gasteiger partial charge >= 0.3 is 0 Å². The lowest BCUT2D eigenvalue weighted by Crippen LogP contribution is -2.28. The molecule has 5 aliphatic rings. The van der Waals surface area contributed by atoms with E-state index in [1.54, 1.807) is 0 Å². The normalized spacial score (nSPS) is 18.0. The number of aryl methyl sites for hydroxylation is 1. The minimum absolute atomic E-state index is 0.0317. The quantitative estimate of drug-likeness (QED) is 0.165. The molecule has 0 N–H and O–H groups in total. The lowest BCUT2D eigenvalue weighted by atomic mass is 9.59. The number of aromatic nitrogens is 2. The topological polar surface area (TPSA) is 50.1 Å². The molecule has 0 saturated heterocycles. The van der Waals surface area contributed by atoms with Gasteiger partial charge in [-0.1, -0.05) is 100 Å². The Kier molecular flexibility index (Phi) is 7.08. The fourth-order valence-corrected chi connectivity index (χ4v) is 16.6. The van der Waals surface area contributed by atoms with Crippen molar-refractivity contribution in [3.63, 3.8) is 0 Å². The zero-order valence-corrected chi connectivity index (χ0v) is 40.2. The highest BCUT2D eigenvalue weighted by Crippen LogP contribution is 2.62. The van der Waals surface area contributed by atoms with Crippen molar-refractivity contribution >= 4 is 104 Å². The van der Waals surface area contributed by atoms with Crippen LogP contribution in [0.2, 0.25) is 0 Å². The van der Waals surface area contributed by atoms with Crippen molar-refractivity contribution in [1.29, 1.82) is 5.26 Å². The van der Waals surface area contributed by atoms with E-state index < -0.39 is 0 Å². The van der Waals surface area contributed by atoms with Gasteiger partial charge in [-0.15, -0.1) is 0 Å². The lowest BCUT2D eigenvalue weighted by molar-refractivity contribution is 0.382. The average molecular weight is 913 g/mol. The van der Waals surface area contributed by atoms with Crippen molar-refractivity contribution in [3.05, 3.63) is 182 Å². The van der Waals surface area contributed by atoms with E-state index in [4.69, 9.17) is 11.0 Å². The molecule has 2 bridgehead atoms. The molecule has 71 heavy (non-hydrogen) atoms. The average Bonchev–Trinajstić information content (AvgIpc) is 4.32. The van der Waals surface area contributed by atoms with E-state index >= 15 is 0 Å². The van der Waals surface area contributed by atoms with Crippen LogP contribution in [0, 0.1) is 17.9 Å². The molecule has 1 saturated carbocycles. The summed E-state index contributed by atoms with van der Waals surface area (Å²) in [5.41, 5.74) is 22.5. The first-order valence-electron chi connectivity index (χ1n) is 26.3. The third-order valence-corrected chi connectivity index (χ3v) is 19.8. The maximum absolute atomic E-state index is 11.4. The molecule has 0 unspecified atom stereocenters. The molecule has 5 heterocycles. The Morgan fingerprint density at radius 1 is 0.620 bits per heavy atom. The maximum atomic E-state index is 11.4. The van der Waals surface area contributed by atoms with E-state index in [1.807, 2.05) is 0 Å². The van der Waals surface area contributed by atoms with Crippen LogP contribution < -0.4 is 0 Å². The van der Waals surface area contributed by atoms with Crippen LogP contribution in [0.5, 0.6) is 0 Å². The SMILES string of the molecule is [C-]#[N+]c1cc2c(c3c1C1(CCCC1)CC3)c1cc(C(CC)(CC)CC)cc3c4cc5c(cc4n2c31)c1cc2c3ccccc3oc2c2c3c4c(c(C#N)cc3n5c12)C1c2ccccc2C4c2ccccc21. The lowest BCUT2D eigenvalue weighted by Gasteiger charge is -2.43. The number of para-hydroxylation sites is 1. The fraction of sp³-hybridized carbons (Fsp3) is 0.242. The summed E-state index contributed by atoms with van der Waals surface area (Å²) in [6.07, 6.45) is 10.3. The number of rotatable bonds is 4. The van der Waals surface area contributed by atoms with Crippen LogP contribution in [-0.2, 0) is 17.3 Å². The highest BCUT2D eigenvalue weighted by atomic mass is 16.3. The summed E-state index contributed by atoms with van der Waals surface area (Å²) in [5, 5.41) is 23.6. The molecule has 5 aromatic heterocycles. The number of hydrogen-bond donors (Lipinski definition) is 0. The highest BCUT2D eigenvalue weighted by Gasteiger charge is 2.46. The van der Waals surface area contributed by atoms with Crippen molar-refractivity contribution in [1.82, 2.24) is 8.80 Å². The van der Waals surface area contributed by atoms with E-state index in [9.17, 15) is 5.26 Å². The van der Waals surface area contributed by atoms with Gasteiger partial charge in [0, 0.05) is 65.8 Å². The van der Waals surface area contributed by atoms with E-state index in [0.29, 0.717) is 0 Å². The molecule has 8 aromatic carbocycles. The van der Waals surface area contributed by atoms with Gasteiger partial charge in [0.2, 0.25) is 0 Å². The van der Waals surface area contributed by atoms with Crippen LogP contribution in [0.3, 0.4) is 0 Å². The second-order valence-electron chi connectivity index (χ2n) is 22.1. The van der Waals surface area contributed by atoms with Crippen LogP contribution >= 0.6 is 0 Å². The molecule has 5 heteroatoms. The molecule has 0 aliphatic heterocycles. The van der Waals surface area contributed by atoms with E-state index in [-0.39, 0.29) is 22.7 Å². The minimum atomic E-state index is -0.0400. The second kappa shape index (κ2) is 12.9. The van der Waals surface area contributed by atoms with Gasteiger partial charge in [0.15, 0.2) is 5.69 Å². The number of furan rings is 1. The third kappa shape index (κ3) is 4.28. The van der Waals surface area contributed by atoms with Crippen molar-refractivity contribution < 1.29 is 4.42 Å². The number of benzene rings is 8. The van der Waals surface area contributed by atoms with Crippen LogP contribution in [0.4, 0.5) is 5.69 Å². The smallest absolute Gasteiger partial charge is 0.193 e. The van der Waals surface area contributed by atoms with Gasteiger partial charge in [0.1, 0.15) is 11.2 Å². The zero-order chi connectivity index (χ0) is 47.0. The maximum Gasteiger partial charge on any atom is 0.193 e. The van der Waals surface area contributed by atoms with Gasteiger partial charge in [0.05, 0.1) is 51.2 Å². The van der Waals surface area contributed by atoms with Crippen molar-refractivity contribution in [2.75, 3.05) is 0 Å². The zero-order valence-electron chi connectivity index (χ0n) is 40.2. The van der Waals surface area contributed by atoms with Crippen LogP contribution in [0.15, 0.2) is 120 Å². The van der Waals surface area contributed by atoms with Crippen molar-refractivity contribution in [3.8, 4) is 6.07 Å². The van der Waals surface area contributed by atoms with Gasteiger partial charge in [-0.05, 0) is 154 Å². The molecule has 0 atom stereocenters. The number of hydrogen-bond acceptors (Lipinski definition) is 2. The summed E-state index contributed by atoms with van der Waals surface area (Å²) < 4.78 is 12.2. The molecule has 18 rings (SSSR count). The Labute approximate surface area is 410 Å². The summed E-state index contributed by atoms with van der Waals surface area (Å²) in [4.78, 5) is 4.39. The third-order valence-electron chi connectivity index (χ3n) is 19.8. The molecule has 5 nitrogen and oxygen atoms in total. The summed E-state index contributed by atoms with van der Waals surface area (Å²) in [6, 6.07) is 46.2. The van der Waals surface area contributed by atoms with E-state index in [1.165, 1.54) is 124 Å². The minimum Gasteiger partial charge on any atom is -0.455 e. The molecular weight excluding hydrogens is 865 g/mol. The Bertz CT molecular complexity index is 4640. The Morgan fingerprint density at radius 3 is 1.89 bits per heavy atom. The van der Waals surface area contributed by atoms with Gasteiger partial charge in [-0.3, -0.25) is 0 Å². The first kappa shape index (κ1) is 38.9. The Hall–Kier alpha value is -7.86.